The Morgan fingerprint density at radius 3 is 2.28 bits per heavy atom. The maximum absolute atomic E-state index is 11.7. The predicted molar refractivity (Wildman–Crippen MR) is 80.6 cm³/mol. The van der Waals surface area contributed by atoms with Crippen LogP contribution in [0.5, 0.6) is 0 Å². The summed E-state index contributed by atoms with van der Waals surface area (Å²) in [5.41, 5.74) is 2.49. The Bertz CT molecular complexity index is 371. The van der Waals surface area contributed by atoms with Gasteiger partial charge in [-0.25, -0.2) is 8.42 Å². The minimum Gasteiger partial charge on any atom is -0.229 e. The summed E-state index contributed by atoms with van der Waals surface area (Å²) in [4.78, 5) is 0. The van der Waals surface area contributed by atoms with E-state index in [0.29, 0.717) is 5.75 Å². The third kappa shape index (κ3) is 10.6. The van der Waals surface area contributed by atoms with Gasteiger partial charge in [0.15, 0.2) is 9.84 Å². The molecule has 0 amide bonds. The number of rotatable bonds is 9. The SMILES string of the molecule is CCCCCS(=O)(=O)CC=C(C)CCC=C(C)C. The molecule has 0 aromatic carbocycles. The summed E-state index contributed by atoms with van der Waals surface area (Å²) in [6, 6.07) is 0. The molecule has 0 heterocycles. The first kappa shape index (κ1) is 17.4. The Balaban J connectivity index is 4.07. The first-order chi connectivity index (χ1) is 8.37. The van der Waals surface area contributed by atoms with Crippen LogP contribution in [0.4, 0.5) is 0 Å². The molecule has 0 saturated heterocycles. The molecule has 2 nitrogen and oxygen atoms in total. The summed E-state index contributed by atoms with van der Waals surface area (Å²) < 4.78 is 23.5. The van der Waals surface area contributed by atoms with Gasteiger partial charge in [0.1, 0.15) is 0 Å². The zero-order chi connectivity index (χ0) is 14.0. The van der Waals surface area contributed by atoms with Crippen LogP contribution in [-0.2, 0) is 9.84 Å². The molecule has 0 rings (SSSR count). The molecule has 0 fully saturated rings. The second-order valence-electron chi connectivity index (χ2n) is 5.19. The van der Waals surface area contributed by atoms with Crippen LogP contribution < -0.4 is 0 Å². The molecule has 0 spiro atoms. The van der Waals surface area contributed by atoms with Crippen molar-refractivity contribution in [2.24, 2.45) is 0 Å². The summed E-state index contributed by atoms with van der Waals surface area (Å²) in [6.07, 6.45) is 8.88. The average Bonchev–Trinajstić information content (AvgIpc) is 2.26. The number of sulfone groups is 1. The molecule has 106 valence electrons. The fraction of sp³-hybridized carbons (Fsp3) is 0.733. The molecule has 0 atom stereocenters. The smallest absolute Gasteiger partial charge is 0.153 e. The molecular weight excluding hydrogens is 244 g/mol. The monoisotopic (exact) mass is 272 g/mol. The van der Waals surface area contributed by atoms with Gasteiger partial charge in [-0.3, -0.25) is 0 Å². The molecule has 0 saturated carbocycles. The van der Waals surface area contributed by atoms with Gasteiger partial charge in [-0.15, -0.1) is 0 Å². The summed E-state index contributed by atoms with van der Waals surface area (Å²) in [6.45, 7) is 8.26. The number of unbranched alkanes of at least 4 members (excludes halogenated alkanes) is 2. The highest BCUT2D eigenvalue weighted by atomic mass is 32.2. The number of allylic oxidation sites excluding steroid dienone is 3. The zero-order valence-electron chi connectivity index (χ0n) is 12.3. The van der Waals surface area contributed by atoms with E-state index in [1.807, 2.05) is 13.0 Å². The molecule has 0 aliphatic heterocycles. The van der Waals surface area contributed by atoms with Crippen molar-refractivity contribution in [3.05, 3.63) is 23.3 Å². The van der Waals surface area contributed by atoms with Crippen LogP contribution in [0, 0.1) is 0 Å². The predicted octanol–water partition coefficient (Wildman–Crippen LogP) is 4.28. The molecule has 0 unspecified atom stereocenters. The lowest BCUT2D eigenvalue weighted by molar-refractivity contribution is 0.593. The van der Waals surface area contributed by atoms with E-state index in [9.17, 15) is 8.42 Å². The summed E-state index contributed by atoms with van der Waals surface area (Å²) >= 11 is 0. The van der Waals surface area contributed by atoms with Gasteiger partial charge in [0, 0.05) is 0 Å². The third-order valence-corrected chi connectivity index (χ3v) is 4.42. The van der Waals surface area contributed by atoms with Crippen molar-refractivity contribution in [1.29, 1.82) is 0 Å². The molecule has 0 bridgehead atoms. The molecule has 0 radical (unpaired) electrons. The largest absolute Gasteiger partial charge is 0.229 e. The van der Waals surface area contributed by atoms with Crippen molar-refractivity contribution in [1.82, 2.24) is 0 Å². The summed E-state index contributed by atoms with van der Waals surface area (Å²) in [5.74, 6) is 0.538. The van der Waals surface area contributed by atoms with E-state index < -0.39 is 9.84 Å². The Hall–Kier alpha value is -0.570. The first-order valence-electron chi connectivity index (χ1n) is 6.87. The molecule has 0 N–H and O–H groups in total. The quantitative estimate of drug-likeness (QED) is 0.463. The zero-order valence-corrected chi connectivity index (χ0v) is 13.1. The van der Waals surface area contributed by atoms with Crippen LogP contribution in [0.1, 0.15) is 59.8 Å². The van der Waals surface area contributed by atoms with Crippen molar-refractivity contribution in [2.45, 2.75) is 59.8 Å². The van der Waals surface area contributed by atoms with Crippen LogP contribution in [-0.4, -0.2) is 19.9 Å². The topological polar surface area (TPSA) is 34.1 Å². The lowest BCUT2D eigenvalue weighted by Crippen LogP contribution is -2.09. The second-order valence-corrected chi connectivity index (χ2v) is 7.42. The molecule has 0 aromatic rings. The molecule has 3 heteroatoms. The molecule has 18 heavy (non-hydrogen) atoms. The Kier molecular flexibility index (Phi) is 9.08. The van der Waals surface area contributed by atoms with E-state index in [1.165, 1.54) is 11.1 Å². The van der Waals surface area contributed by atoms with Gasteiger partial charge in [-0.05, 0) is 40.0 Å². The van der Waals surface area contributed by atoms with Crippen molar-refractivity contribution >= 4 is 9.84 Å². The van der Waals surface area contributed by atoms with Gasteiger partial charge >= 0.3 is 0 Å². The average molecular weight is 272 g/mol. The Morgan fingerprint density at radius 2 is 1.72 bits per heavy atom. The lowest BCUT2D eigenvalue weighted by Gasteiger charge is -2.02. The van der Waals surface area contributed by atoms with Gasteiger partial charge in [0.2, 0.25) is 0 Å². The van der Waals surface area contributed by atoms with E-state index in [0.717, 1.165) is 32.1 Å². The van der Waals surface area contributed by atoms with Crippen LogP contribution in [0.15, 0.2) is 23.3 Å². The minimum absolute atomic E-state index is 0.206. The van der Waals surface area contributed by atoms with Gasteiger partial charge < -0.3 is 0 Å². The lowest BCUT2D eigenvalue weighted by atomic mass is 10.1. The molecule has 0 aliphatic carbocycles. The molecular formula is C15H28O2S. The maximum Gasteiger partial charge on any atom is 0.153 e. The summed E-state index contributed by atoms with van der Waals surface area (Å²) in [5, 5.41) is 0. The minimum atomic E-state index is -2.88. The van der Waals surface area contributed by atoms with Crippen LogP contribution in [0.25, 0.3) is 0 Å². The van der Waals surface area contributed by atoms with Crippen molar-refractivity contribution in [3.8, 4) is 0 Å². The van der Waals surface area contributed by atoms with Gasteiger partial charge in [0.05, 0.1) is 11.5 Å². The van der Waals surface area contributed by atoms with E-state index in [4.69, 9.17) is 0 Å². The third-order valence-electron chi connectivity index (χ3n) is 2.84. The van der Waals surface area contributed by atoms with Gasteiger partial charge in [0.25, 0.3) is 0 Å². The molecule has 0 aliphatic rings. The normalized spacial score (nSPS) is 12.6. The van der Waals surface area contributed by atoms with Crippen molar-refractivity contribution in [3.63, 3.8) is 0 Å². The van der Waals surface area contributed by atoms with E-state index in [-0.39, 0.29) is 5.75 Å². The van der Waals surface area contributed by atoms with E-state index in [1.54, 1.807) is 0 Å². The van der Waals surface area contributed by atoms with Gasteiger partial charge in [-0.1, -0.05) is 43.1 Å². The second kappa shape index (κ2) is 9.37. The van der Waals surface area contributed by atoms with Crippen LogP contribution in [0.3, 0.4) is 0 Å². The van der Waals surface area contributed by atoms with Crippen LogP contribution in [0.2, 0.25) is 0 Å². The highest BCUT2D eigenvalue weighted by Gasteiger charge is 2.07. The van der Waals surface area contributed by atoms with Crippen molar-refractivity contribution in [2.75, 3.05) is 11.5 Å². The Labute approximate surface area is 113 Å². The van der Waals surface area contributed by atoms with Crippen LogP contribution >= 0.6 is 0 Å². The highest BCUT2D eigenvalue weighted by molar-refractivity contribution is 7.91. The van der Waals surface area contributed by atoms with E-state index >= 15 is 0 Å². The Morgan fingerprint density at radius 1 is 1.06 bits per heavy atom. The van der Waals surface area contributed by atoms with Crippen molar-refractivity contribution < 1.29 is 8.42 Å². The fourth-order valence-corrected chi connectivity index (χ4v) is 2.96. The first-order valence-corrected chi connectivity index (χ1v) is 8.69. The fourth-order valence-electron chi connectivity index (χ4n) is 1.62. The summed E-state index contributed by atoms with van der Waals surface area (Å²) in [7, 11) is -2.88. The van der Waals surface area contributed by atoms with Gasteiger partial charge in [-0.2, -0.15) is 0 Å². The maximum atomic E-state index is 11.7. The highest BCUT2D eigenvalue weighted by Crippen LogP contribution is 2.08. The van der Waals surface area contributed by atoms with E-state index in [2.05, 4.69) is 26.8 Å². The molecule has 0 aromatic heterocycles. The standard InChI is InChI=1S/C15H28O2S/c1-5-6-7-12-18(16,17)13-11-15(4)10-8-9-14(2)3/h9,11H,5-8,10,12-13H2,1-4H3. The number of hydrogen-bond donors (Lipinski definition) is 0. The number of hydrogen-bond acceptors (Lipinski definition) is 2.